The minimum absolute atomic E-state index is 0.0352. The monoisotopic (exact) mass is 309 g/mol. The Morgan fingerprint density at radius 3 is 2.39 bits per heavy atom. The highest BCUT2D eigenvalue weighted by Gasteiger charge is 2.39. The Bertz CT molecular complexity index is 724. The molecule has 0 saturated heterocycles. The molecule has 23 heavy (non-hydrogen) atoms. The van der Waals surface area contributed by atoms with E-state index in [1.807, 2.05) is 24.5 Å². The zero-order chi connectivity index (χ0) is 16.4. The maximum absolute atomic E-state index is 10.8. The maximum Gasteiger partial charge on any atom is 0.269 e. The smallest absolute Gasteiger partial charge is 0.269 e. The third kappa shape index (κ3) is 2.95. The molecule has 5 heteroatoms. The van der Waals surface area contributed by atoms with Crippen LogP contribution in [0.25, 0.3) is 0 Å². The van der Waals surface area contributed by atoms with E-state index in [1.165, 1.54) is 5.56 Å². The zero-order valence-electron chi connectivity index (χ0n) is 13.2. The summed E-state index contributed by atoms with van der Waals surface area (Å²) in [6, 6.07) is 16.9. The quantitative estimate of drug-likeness (QED) is 0.634. The topological polar surface area (TPSA) is 58.7 Å². The van der Waals surface area contributed by atoms with Gasteiger partial charge in [-0.25, -0.2) is 0 Å². The number of nitro groups is 1. The zero-order valence-corrected chi connectivity index (χ0v) is 13.2. The van der Waals surface area contributed by atoms with Crippen molar-refractivity contribution in [2.75, 3.05) is 0 Å². The molecule has 0 radical (unpaired) electrons. The molecule has 1 aliphatic rings. The first kappa shape index (κ1) is 15.2. The lowest BCUT2D eigenvalue weighted by molar-refractivity contribution is -0.384. The molecule has 0 amide bonds. The van der Waals surface area contributed by atoms with Gasteiger partial charge in [-0.15, -0.1) is 0 Å². The van der Waals surface area contributed by atoms with Gasteiger partial charge in [-0.2, -0.15) is 0 Å². The lowest BCUT2D eigenvalue weighted by Gasteiger charge is -2.36. The van der Waals surface area contributed by atoms with Gasteiger partial charge in [0.15, 0.2) is 0 Å². The number of hydrogen-bond donors (Lipinski definition) is 0. The van der Waals surface area contributed by atoms with E-state index in [1.54, 1.807) is 24.3 Å². The molecule has 0 spiro atoms. The van der Waals surface area contributed by atoms with E-state index in [0.717, 1.165) is 12.1 Å². The van der Waals surface area contributed by atoms with Crippen molar-refractivity contribution in [1.82, 2.24) is 4.90 Å². The summed E-state index contributed by atoms with van der Waals surface area (Å²) in [6.45, 7) is 5.09. The van der Waals surface area contributed by atoms with Crippen molar-refractivity contribution in [3.63, 3.8) is 0 Å². The molecule has 2 aromatic carbocycles. The predicted octanol–water partition coefficient (Wildman–Crippen LogP) is 3.96. The molecule has 1 atom stereocenters. The number of non-ortho nitro benzene ring substituents is 1. The molecule has 3 rings (SSSR count). The lowest BCUT2D eigenvalue weighted by Crippen LogP contribution is -2.42. The van der Waals surface area contributed by atoms with Crippen molar-refractivity contribution in [2.45, 2.75) is 32.0 Å². The number of rotatable bonds is 4. The molecule has 0 N–H and O–H groups in total. The minimum Gasteiger partial charge on any atom is -0.351 e. The molecule has 0 aromatic heterocycles. The first-order valence-electron chi connectivity index (χ1n) is 7.57. The van der Waals surface area contributed by atoms with Crippen molar-refractivity contribution in [3.05, 3.63) is 75.8 Å². The first-order valence-corrected chi connectivity index (χ1v) is 7.57. The van der Waals surface area contributed by atoms with Crippen LogP contribution in [0.15, 0.2) is 59.6 Å². The number of benzene rings is 2. The van der Waals surface area contributed by atoms with Gasteiger partial charge < -0.3 is 4.90 Å². The van der Waals surface area contributed by atoms with Crippen LogP contribution in [0.1, 0.15) is 31.0 Å². The van der Waals surface area contributed by atoms with Crippen LogP contribution in [0.5, 0.6) is 0 Å². The van der Waals surface area contributed by atoms with Gasteiger partial charge in [-0.1, -0.05) is 30.3 Å². The normalized spacial score (nSPS) is 19.0. The van der Waals surface area contributed by atoms with Crippen LogP contribution < -0.4 is 0 Å². The SMILES string of the molecule is CC1(C)C(c2ccc([N+](=O)[O-])cc2)N=CN1Cc1ccccc1. The summed E-state index contributed by atoms with van der Waals surface area (Å²) >= 11 is 0. The van der Waals surface area contributed by atoms with Crippen LogP contribution in [0.4, 0.5) is 5.69 Å². The number of nitrogens with zero attached hydrogens (tertiary/aromatic N) is 3. The third-order valence-corrected chi connectivity index (χ3v) is 4.38. The Morgan fingerprint density at radius 2 is 1.78 bits per heavy atom. The average molecular weight is 309 g/mol. The van der Waals surface area contributed by atoms with Gasteiger partial charge in [0.05, 0.1) is 22.8 Å². The van der Waals surface area contributed by atoms with Gasteiger partial charge in [0.2, 0.25) is 0 Å². The molecular weight excluding hydrogens is 290 g/mol. The van der Waals surface area contributed by atoms with E-state index in [0.29, 0.717) is 0 Å². The summed E-state index contributed by atoms with van der Waals surface area (Å²) in [5.74, 6) is 0. The predicted molar refractivity (Wildman–Crippen MR) is 90.4 cm³/mol. The highest BCUT2D eigenvalue weighted by Crippen LogP contribution is 2.38. The van der Waals surface area contributed by atoms with Gasteiger partial charge in [-0.3, -0.25) is 15.1 Å². The lowest BCUT2D eigenvalue weighted by atomic mass is 9.88. The van der Waals surface area contributed by atoms with Crippen LogP contribution in [0.2, 0.25) is 0 Å². The second-order valence-electron chi connectivity index (χ2n) is 6.28. The minimum atomic E-state index is -0.380. The fraction of sp³-hybridized carbons (Fsp3) is 0.278. The molecule has 118 valence electrons. The molecule has 5 nitrogen and oxygen atoms in total. The van der Waals surface area contributed by atoms with Gasteiger partial charge in [0, 0.05) is 18.7 Å². The Hall–Kier alpha value is -2.69. The largest absolute Gasteiger partial charge is 0.351 e. The number of aliphatic imine (C=N–C) groups is 1. The highest BCUT2D eigenvalue weighted by atomic mass is 16.6. The fourth-order valence-electron chi connectivity index (χ4n) is 2.93. The van der Waals surface area contributed by atoms with E-state index in [2.05, 4.69) is 35.9 Å². The number of hydrogen-bond acceptors (Lipinski definition) is 4. The summed E-state index contributed by atoms with van der Waals surface area (Å²) < 4.78 is 0. The summed E-state index contributed by atoms with van der Waals surface area (Å²) in [7, 11) is 0. The van der Waals surface area contributed by atoms with Crippen LogP contribution in [0.3, 0.4) is 0 Å². The van der Waals surface area contributed by atoms with Crippen molar-refractivity contribution in [1.29, 1.82) is 0 Å². The van der Waals surface area contributed by atoms with E-state index in [9.17, 15) is 10.1 Å². The highest BCUT2D eigenvalue weighted by molar-refractivity contribution is 5.61. The van der Waals surface area contributed by atoms with Crippen molar-refractivity contribution in [3.8, 4) is 0 Å². The summed E-state index contributed by atoms with van der Waals surface area (Å²) in [5.41, 5.74) is 2.14. The summed E-state index contributed by atoms with van der Waals surface area (Å²) in [6.07, 6.45) is 1.89. The molecule has 0 fully saturated rings. The Kier molecular flexibility index (Phi) is 3.86. The third-order valence-electron chi connectivity index (χ3n) is 4.38. The van der Waals surface area contributed by atoms with Crippen molar-refractivity contribution < 1.29 is 4.92 Å². The fourth-order valence-corrected chi connectivity index (χ4v) is 2.93. The van der Waals surface area contributed by atoms with Crippen LogP contribution in [-0.4, -0.2) is 21.7 Å². The van der Waals surface area contributed by atoms with Crippen molar-refractivity contribution in [2.24, 2.45) is 4.99 Å². The second kappa shape index (κ2) is 5.83. The van der Waals surface area contributed by atoms with Gasteiger partial charge in [0.1, 0.15) is 0 Å². The van der Waals surface area contributed by atoms with E-state index >= 15 is 0 Å². The Balaban J connectivity index is 1.80. The molecule has 0 saturated carbocycles. The summed E-state index contributed by atoms with van der Waals surface area (Å²) in [5, 5.41) is 10.8. The number of nitro benzene ring substituents is 1. The molecule has 1 aliphatic heterocycles. The Morgan fingerprint density at radius 1 is 1.13 bits per heavy atom. The van der Waals surface area contributed by atoms with Gasteiger partial charge in [0.25, 0.3) is 5.69 Å². The van der Waals surface area contributed by atoms with Gasteiger partial charge in [-0.05, 0) is 37.1 Å². The molecule has 0 aliphatic carbocycles. The molecule has 2 aromatic rings. The van der Waals surface area contributed by atoms with Gasteiger partial charge >= 0.3 is 0 Å². The maximum atomic E-state index is 10.8. The molecule has 1 heterocycles. The average Bonchev–Trinajstić information content (AvgIpc) is 2.83. The summed E-state index contributed by atoms with van der Waals surface area (Å²) in [4.78, 5) is 17.3. The molecule has 0 bridgehead atoms. The van der Waals surface area contributed by atoms with E-state index < -0.39 is 0 Å². The standard InChI is InChI=1S/C18H19N3O2/c1-18(2)17(15-8-10-16(11-9-15)21(22)23)19-13-20(18)12-14-6-4-3-5-7-14/h3-11,13,17H,12H2,1-2H3. The van der Waals surface area contributed by atoms with E-state index in [4.69, 9.17) is 0 Å². The van der Waals surface area contributed by atoms with Crippen LogP contribution in [0, 0.1) is 10.1 Å². The molecular formula is C18H19N3O2. The van der Waals surface area contributed by atoms with Crippen LogP contribution >= 0.6 is 0 Å². The molecule has 1 unspecified atom stereocenters. The second-order valence-corrected chi connectivity index (χ2v) is 6.28. The van der Waals surface area contributed by atoms with E-state index in [-0.39, 0.29) is 22.2 Å². The van der Waals surface area contributed by atoms with Crippen LogP contribution in [-0.2, 0) is 6.54 Å². The first-order chi connectivity index (χ1) is 11.0. The Labute approximate surface area is 135 Å². The van der Waals surface area contributed by atoms with Crippen molar-refractivity contribution >= 4 is 12.0 Å².